The van der Waals surface area contributed by atoms with Gasteiger partial charge in [0.05, 0.1) is 11.4 Å². The minimum Gasteiger partial charge on any atom is -0.462 e. The van der Waals surface area contributed by atoms with Crippen LogP contribution in [0.25, 0.3) is 0 Å². The van der Waals surface area contributed by atoms with Crippen molar-refractivity contribution in [2.75, 3.05) is 4.72 Å². The lowest BCUT2D eigenvalue weighted by atomic mass is 10.4. The van der Waals surface area contributed by atoms with Gasteiger partial charge in [0, 0.05) is 6.07 Å². The van der Waals surface area contributed by atoms with Crippen molar-refractivity contribution in [3.63, 3.8) is 0 Å². The Bertz CT molecular complexity index is 739. The molecule has 2 heterocycles. The molecule has 0 amide bonds. The fourth-order valence-electron chi connectivity index (χ4n) is 1.54. The highest BCUT2D eigenvalue weighted by atomic mass is 32.2. The molecule has 8 nitrogen and oxygen atoms in total. The van der Waals surface area contributed by atoms with E-state index in [-0.39, 0.29) is 29.0 Å². The zero-order chi connectivity index (χ0) is 14.9. The molecule has 0 aliphatic rings. The van der Waals surface area contributed by atoms with Crippen LogP contribution in [0.2, 0.25) is 0 Å². The molecular weight excluding hydrogens is 284 g/mol. The van der Waals surface area contributed by atoms with Crippen LogP contribution in [0.5, 0.6) is 0 Å². The van der Waals surface area contributed by atoms with E-state index < -0.39 is 10.0 Å². The second-order valence-electron chi connectivity index (χ2n) is 4.20. The summed E-state index contributed by atoms with van der Waals surface area (Å²) in [5.74, 6) is 0.236. The Morgan fingerprint density at radius 3 is 2.50 bits per heavy atom. The summed E-state index contributed by atoms with van der Waals surface area (Å²) in [5, 5.41) is 16.4. The van der Waals surface area contributed by atoms with Crippen LogP contribution >= 0.6 is 0 Å². The molecule has 108 valence electrons. The van der Waals surface area contributed by atoms with Crippen LogP contribution in [-0.2, 0) is 16.6 Å². The van der Waals surface area contributed by atoms with Crippen LogP contribution in [0.4, 0.5) is 5.95 Å². The Kier molecular flexibility index (Phi) is 3.73. The van der Waals surface area contributed by atoms with Crippen molar-refractivity contribution in [3.8, 4) is 0 Å². The van der Waals surface area contributed by atoms with E-state index in [9.17, 15) is 8.42 Å². The smallest absolute Gasteiger partial charge is 0.267 e. The number of hydrogen-bond donors (Lipinski definition) is 2. The molecule has 0 saturated heterocycles. The molecule has 2 rings (SSSR count). The summed E-state index contributed by atoms with van der Waals surface area (Å²) in [6.45, 7) is 4.54. The van der Waals surface area contributed by atoms with Crippen molar-refractivity contribution in [1.29, 1.82) is 0 Å². The summed E-state index contributed by atoms with van der Waals surface area (Å²) < 4.78 is 31.7. The number of nitrogens with zero attached hydrogens (tertiary/aromatic N) is 3. The molecule has 0 bridgehead atoms. The molecule has 9 heteroatoms. The molecule has 0 unspecified atom stereocenters. The Morgan fingerprint density at radius 1 is 1.25 bits per heavy atom. The van der Waals surface area contributed by atoms with Gasteiger partial charge in [-0.3, -0.25) is 0 Å². The van der Waals surface area contributed by atoms with E-state index >= 15 is 0 Å². The standard InChI is InChI=1S/C11H14N4O4S/c1-6-7(2)13-14-11(12-6)15-20(17,18)10-4-9(5-16)19-8(10)3/h4,16H,5H2,1-3H3,(H,12,14,15). The number of nitrogens with one attached hydrogen (secondary N) is 1. The van der Waals surface area contributed by atoms with Gasteiger partial charge in [0.2, 0.25) is 0 Å². The van der Waals surface area contributed by atoms with E-state index in [1.807, 2.05) is 0 Å². The highest BCUT2D eigenvalue weighted by Gasteiger charge is 2.22. The summed E-state index contributed by atoms with van der Waals surface area (Å²) in [6, 6.07) is 1.26. The average Bonchev–Trinajstić information content (AvgIpc) is 2.76. The maximum Gasteiger partial charge on any atom is 0.267 e. The van der Waals surface area contributed by atoms with E-state index in [4.69, 9.17) is 9.52 Å². The van der Waals surface area contributed by atoms with Gasteiger partial charge in [-0.2, -0.15) is 5.10 Å². The molecule has 0 aliphatic carbocycles. The summed E-state index contributed by atoms with van der Waals surface area (Å²) in [6.07, 6.45) is 0. The van der Waals surface area contributed by atoms with Gasteiger partial charge in [0.1, 0.15) is 23.0 Å². The van der Waals surface area contributed by atoms with Gasteiger partial charge in [0.25, 0.3) is 16.0 Å². The molecule has 2 aromatic heterocycles. The summed E-state index contributed by atoms with van der Waals surface area (Å²) in [7, 11) is -3.88. The minimum atomic E-state index is -3.88. The van der Waals surface area contributed by atoms with Crippen molar-refractivity contribution in [1.82, 2.24) is 15.2 Å². The topological polar surface area (TPSA) is 118 Å². The van der Waals surface area contributed by atoms with Gasteiger partial charge >= 0.3 is 0 Å². The molecule has 0 saturated carbocycles. The first-order chi connectivity index (χ1) is 9.33. The third kappa shape index (κ3) is 2.78. The van der Waals surface area contributed by atoms with Gasteiger partial charge < -0.3 is 9.52 Å². The van der Waals surface area contributed by atoms with E-state index in [1.165, 1.54) is 13.0 Å². The summed E-state index contributed by atoms with van der Waals surface area (Å²) >= 11 is 0. The molecule has 0 fully saturated rings. The van der Waals surface area contributed by atoms with E-state index in [1.54, 1.807) is 13.8 Å². The zero-order valence-electron chi connectivity index (χ0n) is 11.2. The monoisotopic (exact) mass is 298 g/mol. The van der Waals surface area contributed by atoms with Gasteiger partial charge in [-0.05, 0) is 20.8 Å². The first kappa shape index (κ1) is 14.4. The first-order valence-corrected chi connectivity index (χ1v) is 7.22. The molecule has 0 atom stereocenters. The SMILES string of the molecule is Cc1nnc(NS(=O)(=O)c2cc(CO)oc2C)nc1C. The second-order valence-corrected chi connectivity index (χ2v) is 5.85. The van der Waals surface area contributed by atoms with Gasteiger partial charge in [0.15, 0.2) is 0 Å². The number of aromatic nitrogens is 3. The Morgan fingerprint density at radius 2 is 1.95 bits per heavy atom. The van der Waals surface area contributed by atoms with Crippen LogP contribution in [0.3, 0.4) is 0 Å². The Hall–Kier alpha value is -2.00. The number of aliphatic hydroxyl groups is 1. The molecule has 0 radical (unpaired) electrons. The van der Waals surface area contributed by atoms with Gasteiger partial charge in [-0.25, -0.2) is 18.1 Å². The van der Waals surface area contributed by atoms with Crippen LogP contribution in [-0.4, -0.2) is 28.7 Å². The summed E-state index contributed by atoms with van der Waals surface area (Å²) in [4.78, 5) is 3.93. The molecular formula is C11H14N4O4S. The van der Waals surface area contributed by atoms with Crippen molar-refractivity contribution in [2.24, 2.45) is 0 Å². The minimum absolute atomic E-state index is 0.0663. The van der Waals surface area contributed by atoms with E-state index in [0.29, 0.717) is 11.4 Å². The Balaban J connectivity index is 2.35. The normalized spacial score (nSPS) is 11.6. The van der Waals surface area contributed by atoms with Crippen molar-refractivity contribution in [2.45, 2.75) is 32.3 Å². The highest BCUT2D eigenvalue weighted by Crippen LogP contribution is 2.21. The number of anilines is 1. The molecule has 0 aliphatic heterocycles. The Labute approximate surface area is 115 Å². The van der Waals surface area contributed by atoms with E-state index in [0.717, 1.165) is 0 Å². The van der Waals surface area contributed by atoms with Crippen LogP contribution in [0.15, 0.2) is 15.4 Å². The maximum absolute atomic E-state index is 12.2. The fourth-order valence-corrected chi connectivity index (χ4v) is 2.69. The molecule has 0 aromatic carbocycles. The van der Waals surface area contributed by atoms with Crippen LogP contribution in [0.1, 0.15) is 22.9 Å². The highest BCUT2D eigenvalue weighted by molar-refractivity contribution is 7.92. The van der Waals surface area contributed by atoms with Gasteiger partial charge in [-0.1, -0.05) is 0 Å². The molecule has 20 heavy (non-hydrogen) atoms. The van der Waals surface area contributed by atoms with E-state index in [2.05, 4.69) is 19.9 Å². The maximum atomic E-state index is 12.2. The predicted molar refractivity (Wildman–Crippen MR) is 69.5 cm³/mol. The molecule has 0 spiro atoms. The van der Waals surface area contributed by atoms with Gasteiger partial charge in [-0.15, -0.1) is 5.10 Å². The third-order valence-corrected chi connectivity index (χ3v) is 4.12. The second kappa shape index (κ2) is 5.17. The lowest BCUT2D eigenvalue weighted by Crippen LogP contribution is -2.16. The van der Waals surface area contributed by atoms with Crippen LogP contribution < -0.4 is 4.72 Å². The fraction of sp³-hybridized carbons (Fsp3) is 0.364. The first-order valence-electron chi connectivity index (χ1n) is 5.74. The average molecular weight is 298 g/mol. The quantitative estimate of drug-likeness (QED) is 0.852. The number of aryl methyl sites for hydroxylation is 3. The number of hydrogen-bond acceptors (Lipinski definition) is 7. The number of furan rings is 1. The number of aliphatic hydroxyl groups excluding tert-OH is 1. The number of sulfonamides is 1. The summed E-state index contributed by atoms with van der Waals surface area (Å²) in [5.41, 5.74) is 1.20. The zero-order valence-corrected chi connectivity index (χ0v) is 12.0. The van der Waals surface area contributed by atoms with Crippen molar-refractivity contribution >= 4 is 16.0 Å². The van der Waals surface area contributed by atoms with Crippen LogP contribution in [0, 0.1) is 20.8 Å². The largest absolute Gasteiger partial charge is 0.462 e. The van der Waals surface area contributed by atoms with Crippen molar-refractivity contribution in [3.05, 3.63) is 29.0 Å². The number of rotatable bonds is 4. The lowest BCUT2D eigenvalue weighted by Gasteiger charge is -2.05. The predicted octanol–water partition coefficient (Wildman–Crippen LogP) is 0.683. The molecule has 2 N–H and O–H groups in total. The van der Waals surface area contributed by atoms with Crippen molar-refractivity contribution < 1.29 is 17.9 Å². The third-order valence-electron chi connectivity index (χ3n) is 2.69. The lowest BCUT2D eigenvalue weighted by molar-refractivity contribution is 0.245. The molecule has 2 aromatic rings.